The van der Waals surface area contributed by atoms with Crippen LogP contribution < -0.4 is 0 Å². The first-order chi connectivity index (χ1) is 10.8. The Morgan fingerprint density at radius 2 is 2.14 bits per heavy atom. The molecule has 0 spiro atoms. The van der Waals surface area contributed by atoms with Gasteiger partial charge in [0.15, 0.2) is 0 Å². The highest BCUT2D eigenvalue weighted by Crippen LogP contribution is 2.30. The minimum atomic E-state index is 0.185. The Kier molecular flexibility index (Phi) is 3.42. The highest BCUT2D eigenvalue weighted by Gasteiger charge is 2.32. The van der Waals surface area contributed by atoms with Gasteiger partial charge in [0, 0.05) is 16.3 Å². The number of hydrogen-bond donors (Lipinski definition) is 1. The van der Waals surface area contributed by atoms with Crippen LogP contribution in [-0.2, 0) is 17.8 Å². The molecule has 1 aromatic carbocycles. The summed E-state index contributed by atoms with van der Waals surface area (Å²) in [6.45, 7) is 0.729. The number of nitrogens with one attached hydrogen (secondary N) is 1. The van der Waals surface area contributed by atoms with Gasteiger partial charge in [0.2, 0.25) is 5.91 Å². The maximum absolute atomic E-state index is 12.7. The largest absolute Gasteiger partial charge is 0.334 e. The van der Waals surface area contributed by atoms with Crippen LogP contribution in [0.4, 0.5) is 0 Å². The van der Waals surface area contributed by atoms with Crippen LogP contribution in [0.25, 0.3) is 10.9 Å². The molecule has 1 N–H and O–H groups in total. The summed E-state index contributed by atoms with van der Waals surface area (Å²) >= 11 is 1.71. The molecule has 1 aliphatic rings. The van der Waals surface area contributed by atoms with E-state index in [2.05, 4.69) is 21.6 Å². The minimum absolute atomic E-state index is 0.185. The second-order valence-electron chi connectivity index (χ2n) is 5.73. The van der Waals surface area contributed by atoms with Crippen LogP contribution in [0.3, 0.4) is 0 Å². The topological polar surface area (TPSA) is 49.0 Å². The van der Waals surface area contributed by atoms with Crippen LogP contribution in [0.5, 0.6) is 0 Å². The van der Waals surface area contributed by atoms with E-state index < -0.39 is 0 Å². The molecule has 1 aliphatic carbocycles. The molecule has 0 bridgehead atoms. The highest BCUT2D eigenvalue weighted by atomic mass is 32.1. The summed E-state index contributed by atoms with van der Waals surface area (Å²) in [5.41, 5.74) is 1.83. The van der Waals surface area contributed by atoms with Crippen LogP contribution >= 0.6 is 11.3 Å². The molecule has 2 heterocycles. The molecule has 5 heteroatoms. The second-order valence-corrected chi connectivity index (χ2v) is 6.76. The summed E-state index contributed by atoms with van der Waals surface area (Å²) in [7, 11) is 0. The molecule has 0 radical (unpaired) electrons. The summed E-state index contributed by atoms with van der Waals surface area (Å²) < 4.78 is 0. The standard InChI is InChI=1S/C17H17N3OS/c21-17(10-16-14-5-1-2-6-15(14)18-19-16)20(12-7-8-12)11-13-4-3-9-22-13/h1-6,9,12H,7-8,10-11H2,(H,18,19). The molecule has 1 amide bonds. The van der Waals surface area contributed by atoms with Gasteiger partial charge in [-0.15, -0.1) is 11.3 Å². The zero-order chi connectivity index (χ0) is 14.9. The second kappa shape index (κ2) is 5.57. The molecule has 4 rings (SSSR count). The Bertz CT molecular complexity index is 789. The number of carbonyl (C=O) groups is 1. The summed E-state index contributed by atoms with van der Waals surface area (Å²) in [4.78, 5) is 16.0. The molecule has 0 unspecified atom stereocenters. The molecule has 0 saturated heterocycles. The molecule has 1 fully saturated rings. The van der Waals surface area contributed by atoms with E-state index >= 15 is 0 Å². The summed E-state index contributed by atoms with van der Waals surface area (Å²) in [5.74, 6) is 0.185. The molecule has 2 aromatic heterocycles. The van der Waals surface area contributed by atoms with Crippen LogP contribution in [0.1, 0.15) is 23.4 Å². The zero-order valence-electron chi connectivity index (χ0n) is 12.2. The lowest BCUT2D eigenvalue weighted by Gasteiger charge is -2.21. The molecule has 3 aromatic rings. The highest BCUT2D eigenvalue weighted by molar-refractivity contribution is 7.09. The number of thiophene rings is 1. The summed E-state index contributed by atoms with van der Waals surface area (Å²) in [6.07, 6.45) is 2.64. The fourth-order valence-corrected chi connectivity index (χ4v) is 3.48. The van der Waals surface area contributed by atoms with Crippen molar-refractivity contribution in [2.24, 2.45) is 0 Å². The third-order valence-corrected chi connectivity index (χ3v) is 4.94. The van der Waals surface area contributed by atoms with Crippen LogP contribution in [-0.4, -0.2) is 27.0 Å². The van der Waals surface area contributed by atoms with Crippen molar-refractivity contribution >= 4 is 28.1 Å². The van der Waals surface area contributed by atoms with E-state index in [4.69, 9.17) is 0 Å². The number of amides is 1. The van der Waals surface area contributed by atoms with Crippen molar-refractivity contribution in [1.82, 2.24) is 15.1 Å². The summed E-state index contributed by atoms with van der Waals surface area (Å²) in [5, 5.41) is 10.4. The van der Waals surface area contributed by atoms with Crippen molar-refractivity contribution in [3.8, 4) is 0 Å². The predicted molar refractivity (Wildman–Crippen MR) is 87.7 cm³/mol. The van der Waals surface area contributed by atoms with Crippen LogP contribution in [0, 0.1) is 0 Å². The smallest absolute Gasteiger partial charge is 0.229 e. The predicted octanol–water partition coefficient (Wildman–Crippen LogP) is 3.36. The van der Waals surface area contributed by atoms with E-state index in [-0.39, 0.29) is 5.91 Å². The Labute approximate surface area is 132 Å². The van der Waals surface area contributed by atoms with Gasteiger partial charge in [-0.25, -0.2) is 0 Å². The van der Waals surface area contributed by atoms with Gasteiger partial charge in [-0.05, 0) is 30.4 Å². The van der Waals surface area contributed by atoms with Crippen molar-refractivity contribution in [2.45, 2.75) is 31.8 Å². The van der Waals surface area contributed by atoms with Gasteiger partial charge >= 0.3 is 0 Å². The lowest BCUT2D eigenvalue weighted by atomic mass is 10.1. The zero-order valence-corrected chi connectivity index (χ0v) is 13.0. The van der Waals surface area contributed by atoms with Crippen molar-refractivity contribution in [1.29, 1.82) is 0 Å². The lowest BCUT2D eigenvalue weighted by Crippen LogP contribution is -2.33. The van der Waals surface area contributed by atoms with Gasteiger partial charge in [0.05, 0.1) is 24.2 Å². The minimum Gasteiger partial charge on any atom is -0.334 e. The molecule has 4 nitrogen and oxygen atoms in total. The van der Waals surface area contributed by atoms with E-state index in [1.165, 1.54) is 4.88 Å². The number of H-pyrrole nitrogens is 1. The number of para-hydroxylation sites is 1. The summed E-state index contributed by atoms with van der Waals surface area (Å²) in [6, 6.07) is 12.5. The fourth-order valence-electron chi connectivity index (χ4n) is 2.78. The number of hydrogen-bond acceptors (Lipinski definition) is 3. The lowest BCUT2D eigenvalue weighted by molar-refractivity contribution is -0.131. The quantitative estimate of drug-likeness (QED) is 0.785. The number of aromatic nitrogens is 2. The van der Waals surface area contributed by atoms with E-state index in [0.717, 1.165) is 36.0 Å². The number of aromatic amines is 1. The Balaban J connectivity index is 1.54. The molecular formula is C17H17N3OS. The molecule has 112 valence electrons. The third-order valence-electron chi connectivity index (χ3n) is 4.08. The maximum atomic E-state index is 12.7. The molecule has 22 heavy (non-hydrogen) atoms. The Morgan fingerprint density at radius 1 is 1.27 bits per heavy atom. The Hall–Kier alpha value is -2.14. The van der Waals surface area contributed by atoms with E-state index in [1.807, 2.05) is 35.2 Å². The molecular weight excluding hydrogens is 294 g/mol. The monoisotopic (exact) mass is 311 g/mol. The first kappa shape index (κ1) is 13.5. The number of nitrogens with zero attached hydrogens (tertiary/aromatic N) is 2. The van der Waals surface area contributed by atoms with Crippen molar-refractivity contribution in [3.63, 3.8) is 0 Å². The molecule has 1 saturated carbocycles. The van der Waals surface area contributed by atoms with Gasteiger partial charge < -0.3 is 4.90 Å². The van der Waals surface area contributed by atoms with Gasteiger partial charge in [-0.3, -0.25) is 9.89 Å². The third kappa shape index (κ3) is 2.64. The van der Waals surface area contributed by atoms with Crippen LogP contribution in [0.2, 0.25) is 0 Å². The average molecular weight is 311 g/mol. The number of rotatable bonds is 5. The van der Waals surface area contributed by atoms with Crippen molar-refractivity contribution < 1.29 is 4.79 Å². The molecule has 0 atom stereocenters. The number of carbonyl (C=O) groups excluding carboxylic acids is 1. The Morgan fingerprint density at radius 3 is 2.91 bits per heavy atom. The van der Waals surface area contributed by atoms with E-state index in [0.29, 0.717) is 12.5 Å². The van der Waals surface area contributed by atoms with E-state index in [1.54, 1.807) is 11.3 Å². The van der Waals surface area contributed by atoms with Crippen molar-refractivity contribution in [2.75, 3.05) is 0 Å². The van der Waals surface area contributed by atoms with Gasteiger partial charge in [0.25, 0.3) is 0 Å². The average Bonchev–Trinajstić information content (AvgIpc) is 3.09. The SMILES string of the molecule is O=C(Cc1[nH]nc2ccccc12)N(Cc1cccs1)C1CC1. The maximum Gasteiger partial charge on any atom is 0.229 e. The number of benzene rings is 1. The van der Waals surface area contributed by atoms with Gasteiger partial charge in [-0.2, -0.15) is 5.10 Å². The normalized spacial score (nSPS) is 14.4. The molecule has 0 aliphatic heterocycles. The van der Waals surface area contributed by atoms with E-state index in [9.17, 15) is 4.79 Å². The number of fused-ring (bicyclic) bond motifs is 1. The first-order valence-corrected chi connectivity index (χ1v) is 8.43. The first-order valence-electron chi connectivity index (χ1n) is 7.55. The van der Waals surface area contributed by atoms with Gasteiger partial charge in [0.1, 0.15) is 0 Å². The fraction of sp³-hybridized carbons (Fsp3) is 0.294. The van der Waals surface area contributed by atoms with Crippen molar-refractivity contribution in [3.05, 3.63) is 52.3 Å². The van der Waals surface area contributed by atoms with Crippen LogP contribution in [0.15, 0.2) is 41.8 Å². The van der Waals surface area contributed by atoms with Gasteiger partial charge in [-0.1, -0.05) is 24.3 Å².